The summed E-state index contributed by atoms with van der Waals surface area (Å²) in [6, 6.07) is 27.3. The van der Waals surface area contributed by atoms with Gasteiger partial charge in [-0.3, -0.25) is 14.6 Å². The van der Waals surface area contributed by atoms with Crippen molar-refractivity contribution in [3.63, 3.8) is 0 Å². The summed E-state index contributed by atoms with van der Waals surface area (Å²) >= 11 is 0. The molecule has 5 N–H and O–H groups in total. The maximum Gasteiger partial charge on any atom is 0.234 e. The minimum Gasteiger partial charge on any atom is -0.497 e. The van der Waals surface area contributed by atoms with Crippen LogP contribution in [0.25, 0.3) is 22.4 Å². The summed E-state index contributed by atoms with van der Waals surface area (Å²) in [4.78, 5) is 37.4. The molecule has 0 fully saturated rings. The number of ether oxygens (including phenoxy) is 1. The molecule has 0 spiro atoms. The predicted octanol–water partition coefficient (Wildman–Crippen LogP) is 4.58. The highest BCUT2D eigenvalue weighted by Gasteiger charge is 2.20. The van der Waals surface area contributed by atoms with Gasteiger partial charge in [-0.25, -0.2) is 9.97 Å². The molecule has 0 saturated heterocycles. The van der Waals surface area contributed by atoms with Crippen LogP contribution >= 0.6 is 0 Å². The molecule has 6 aromatic rings. The molecule has 11 nitrogen and oxygen atoms in total. The van der Waals surface area contributed by atoms with Gasteiger partial charge in [0.05, 0.1) is 43.5 Å². The standard InChI is InChI=1S/C29H30N8O2.C8H10O/c30-17-28(39)34-24(16-27(31)38)21-7-8-26-25(15-21)35-29(37(26)12-9-23-6-1-2-10-33-23)22-5-3-4-20(14-22)18-36-13-11-32-19-36;1-7-3-5-8(9-2)6-4-7/h1-8,10-11,13-15,19,24H,9,12,16-18,30H2,(H2,31,38)(H,34,39);3-6H,1-2H3. The molecule has 0 radical (unpaired) electrons. The molecule has 246 valence electrons. The lowest BCUT2D eigenvalue weighted by Crippen LogP contribution is -2.35. The number of aromatic nitrogens is 5. The number of hydrogen-bond donors (Lipinski definition) is 3. The van der Waals surface area contributed by atoms with E-state index in [1.54, 1.807) is 25.8 Å². The molecule has 0 aliphatic carbocycles. The zero-order valence-electron chi connectivity index (χ0n) is 27.1. The van der Waals surface area contributed by atoms with Crippen LogP contribution in [0.1, 0.15) is 34.8 Å². The highest BCUT2D eigenvalue weighted by Crippen LogP contribution is 2.29. The van der Waals surface area contributed by atoms with Gasteiger partial charge in [0.1, 0.15) is 11.6 Å². The molecule has 1 unspecified atom stereocenters. The predicted molar refractivity (Wildman–Crippen MR) is 186 cm³/mol. The molecule has 48 heavy (non-hydrogen) atoms. The van der Waals surface area contributed by atoms with Gasteiger partial charge in [0.25, 0.3) is 0 Å². The van der Waals surface area contributed by atoms with Gasteiger partial charge in [0, 0.05) is 49.4 Å². The van der Waals surface area contributed by atoms with Crippen molar-refractivity contribution in [1.29, 1.82) is 0 Å². The van der Waals surface area contributed by atoms with Crippen LogP contribution in [0.4, 0.5) is 0 Å². The average Bonchev–Trinajstić information content (AvgIpc) is 3.75. The number of benzene rings is 3. The quantitative estimate of drug-likeness (QED) is 0.176. The van der Waals surface area contributed by atoms with E-state index in [2.05, 4.69) is 38.9 Å². The molecule has 0 aliphatic rings. The average molecular weight is 645 g/mol. The molecular weight excluding hydrogens is 604 g/mol. The van der Waals surface area contributed by atoms with E-state index in [9.17, 15) is 9.59 Å². The Morgan fingerprint density at radius 3 is 2.50 bits per heavy atom. The molecule has 0 bridgehead atoms. The molecule has 0 aliphatic heterocycles. The molecule has 3 aromatic carbocycles. The monoisotopic (exact) mass is 644 g/mol. The smallest absolute Gasteiger partial charge is 0.234 e. The SMILES string of the molecule is COc1ccc(C)cc1.NCC(=O)NC(CC(N)=O)c1ccc2c(c1)nc(-c1cccc(Cn3ccnc3)c1)n2CCc1ccccn1. The fraction of sp³-hybridized carbons (Fsp3) is 0.216. The summed E-state index contributed by atoms with van der Waals surface area (Å²) in [6.07, 6.45) is 7.97. The van der Waals surface area contributed by atoms with E-state index in [4.69, 9.17) is 21.2 Å². The summed E-state index contributed by atoms with van der Waals surface area (Å²) in [7, 11) is 1.67. The van der Waals surface area contributed by atoms with E-state index < -0.39 is 11.9 Å². The van der Waals surface area contributed by atoms with Gasteiger partial charge in [0.2, 0.25) is 11.8 Å². The fourth-order valence-corrected chi connectivity index (χ4v) is 5.36. The van der Waals surface area contributed by atoms with Crippen LogP contribution in [0.3, 0.4) is 0 Å². The second-order valence-electron chi connectivity index (χ2n) is 11.4. The molecule has 3 aromatic heterocycles. The highest BCUT2D eigenvalue weighted by molar-refractivity contribution is 5.83. The number of carbonyl (C=O) groups excluding carboxylic acids is 2. The number of rotatable bonds is 12. The third kappa shape index (κ3) is 8.92. The number of pyridine rings is 1. The van der Waals surface area contributed by atoms with Crippen molar-refractivity contribution in [2.75, 3.05) is 13.7 Å². The number of primary amides is 1. The maximum absolute atomic E-state index is 12.0. The van der Waals surface area contributed by atoms with E-state index in [-0.39, 0.29) is 18.9 Å². The van der Waals surface area contributed by atoms with E-state index in [1.807, 2.05) is 83.6 Å². The number of nitrogens with zero attached hydrogens (tertiary/aromatic N) is 5. The lowest BCUT2D eigenvalue weighted by atomic mass is 10.0. The van der Waals surface area contributed by atoms with Crippen LogP contribution in [0.2, 0.25) is 0 Å². The van der Waals surface area contributed by atoms with Gasteiger partial charge < -0.3 is 30.7 Å². The Morgan fingerprint density at radius 2 is 1.81 bits per heavy atom. The van der Waals surface area contributed by atoms with Gasteiger partial charge >= 0.3 is 0 Å². The first kappa shape index (κ1) is 33.6. The Kier molecular flexibility index (Phi) is 11.3. The number of carbonyl (C=O) groups is 2. The molecule has 3 heterocycles. The Balaban J connectivity index is 0.000000434. The second-order valence-corrected chi connectivity index (χ2v) is 11.4. The Labute approximate surface area is 279 Å². The van der Waals surface area contributed by atoms with Crippen molar-refractivity contribution in [3.8, 4) is 17.1 Å². The van der Waals surface area contributed by atoms with Crippen molar-refractivity contribution in [3.05, 3.63) is 132 Å². The number of nitrogens with two attached hydrogens (primary N) is 2. The number of nitrogens with one attached hydrogen (secondary N) is 1. The fourth-order valence-electron chi connectivity index (χ4n) is 5.36. The molecule has 1 atom stereocenters. The first-order chi connectivity index (χ1) is 23.3. The second kappa shape index (κ2) is 16.1. The number of aryl methyl sites for hydroxylation is 3. The molecule has 0 saturated carbocycles. The van der Waals surface area contributed by atoms with Gasteiger partial charge in [-0.15, -0.1) is 0 Å². The summed E-state index contributed by atoms with van der Waals surface area (Å²) in [6.45, 7) is 3.24. The lowest BCUT2D eigenvalue weighted by Gasteiger charge is -2.17. The van der Waals surface area contributed by atoms with Crippen molar-refractivity contribution in [2.45, 2.75) is 38.9 Å². The normalized spacial score (nSPS) is 11.4. The largest absolute Gasteiger partial charge is 0.497 e. The van der Waals surface area contributed by atoms with Crippen molar-refractivity contribution >= 4 is 22.8 Å². The molecular formula is C37H40N8O3. The van der Waals surface area contributed by atoms with Gasteiger partial charge in [-0.05, 0) is 60.5 Å². The van der Waals surface area contributed by atoms with Crippen LogP contribution in [0, 0.1) is 6.92 Å². The van der Waals surface area contributed by atoms with Crippen molar-refractivity contribution < 1.29 is 14.3 Å². The lowest BCUT2D eigenvalue weighted by molar-refractivity contribution is -0.121. The summed E-state index contributed by atoms with van der Waals surface area (Å²) in [5.74, 6) is 0.856. The van der Waals surface area contributed by atoms with Gasteiger partial charge in [-0.1, -0.05) is 48.0 Å². The molecule has 11 heteroatoms. The number of amides is 2. The topological polar surface area (TPSA) is 156 Å². The van der Waals surface area contributed by atoms with E-state index >= 15 is 0 Å². The Hall–Kier alpha value is -5.81. The molecule has 6 rings (SSSR count). The number of imidazole rings is 2. The Bertz CT molecular complexity index is 1940. The third-order valence-electron chi connectivity index (χ3n) is 7.78. The number of fused-ring (bicyclic) bond motifs is 1. The highest BCUT2D eigenvalue weighted by atomic mass is 16.5. The van der Waals surface area contributed by atoms with Crippen LogP contribution in [-0.2, 0) is 29.1 Å². The Morgan fingerprint density at radius 1 is 0.979 bits per heavy atom. The molecule has 2 amide bonds. The number of hydrogen-bond acceptors (Lipinski definition) is 7. The van der Waals surface area contributed by atoms with Crippen LogP contribution in [0.15, 0.2) is 110 Å². The summed E-state index contributed by atoms with van der Waals surface area (Å²) in [5.41, 5.74) is 17.7. The third-order valence-corrected chi connectivity index (χ3v) is 7.78. The summed E-state index contributed by atoms with van der Waals surface area (Å²) < 4.78 is 9.17. The van der Waals surface area contributed by atoms with Crippen molar-refractivity contribution in [2.24, 2.45) is 11.5 Å². The van der Waals surface area contributed by atoms with Crippen LogP contribution in [-0.4, -0.2) is 49.6 Å². The van der Waals surface area contributed by atoms with Crippen molar-refractivity contribution in [1.82, 2.24) is 29.4 Å². The zero-order valence-corrected chi connectivity index (χ0v) is 27.1. The van der Waals surface area contributed by atoms with Crippen LogP contribution < -0.4 is 21.5 Å². The van der Waals surface area contributed by atoms with E-state index in [0.29, 0.717) is 13.1 Å². The maximum atomic E-state index is 12.0. The zero-order chi connectivity index (χ0) is 33.9. The van der Waals surface area contributed by atoms with Gasteiger partial charge in [-0.2, -0.15) is 0 Å². The number of methoxy groups -OCH3 is 1. The van der Waals surface area contributed by atoms with E-state index in [1.165, 1.54) is 5.56 Å². The minimum absolute atomic E-state index is 0.0409. The first-order valence-electron chi connectivity index (χ1n) is 15.7. The van der Waals surface area contributed by atoms with Gasteiger partial charge in [0.15, 0.2) is 0 Å². The summed E-state index contributed by atoms with van der Waals surface area (Å²) in [5, 5.41) is 2.79. The van der Waals surface area contributed by atoms with E-state index in [0.717, 1.165) is 51.4 Å². The minimum atomic E-state index is -0.594. The van der Waals surface area contributed by atoms with Crippen LogP contribution in [0.5, 0.6) is 5.75 Å². The first-order valence-corrected chi connectivity index (χ1v) is 15.7.